The molecule has 3 N–H and O–H groups in total. The van der Waals surface area contributed by atoms with Crippen LogP contribution in [0.1, 0.15) is 23.2 Å². The molecule has 2 unspecified atom stereocenters. The number of hydrogen-bond donors (Lipinski definition) is 3. The molecule has 92 valence electrons. The number of aliphatic hydroxyl groups is 3. The molecular formula is C8H10F3NO3S. The maximum absolute atomic E-state index is 12.2. The molecule has 2 atom stereocenters. The lowest BCUT2D eigenvalue weighted by molar-refractivity contribution is -0.141. The summed E-state index contributed by atoms with van der Waals surface area (Å²) in [7, 11) is 0. The molecule has 1 heterocycles. The van der Waals surface area contributed by atoms with E-state index in [2.05, 4.69) is 4.98 Å². The average molecular weight is 257 g/mol. The van der Waals surface area contributed by atoms with Crippen LogP contribution in [0.3, 0.4) is 0 Å². The molecule has 0 saturated heterocycles. The lowest BCUT2D eigenvalue weighted by atomic mass is 10.1. The summed E-state index contributed by atoms with van der Waals surface area (Å²) in [5.41, 5.74) is -1.09. The van der Waals surface area contributed by atoms with Crippen molar-refractivity contribution < 1.29 is 28.5 Å². The van der Waals surface area contributed by atoms with Gasteiger partial charge in [-0.15, -0.1) is 11.3 Å². The minimum absolute atomic E-state index is 0.123. The molecule has 0 aliphatic heterocycles. The summed E-state index contributed by atoms with van der Waals surface area (Å²) in [6.07, 6.45) is -7.51. The lowest BCUT2D eigenvalue weighted by Gasteiger charge is -2.13. The summed E-state index contributed by atoms with van der Waals surface area (Å²) in [6.45, 7) is -0.365. The maximum Gasteiger partial charge on any atom is 0.434 e. The first kappa shape index (κ1) is 13.4. The predicted octanol–water partition coefficient (Wildman–Crippen LogP) is 0.939. The quantitative estimate of drug-likeness (QED) is 0.750. The van der Waals surface area contributed by atoms with Crippen LogP contribution < -0.4 is 0 Å². The van der Waals surface area contributed by atoms with Crippen molar-refractivity contribution in [2.45, 2.75) is 24.8 Å². The molecule has 0 amide bonds. The van der Waals surface area contributed by atoms with Gasteiger partial charge >= 0.3 is 6.18 Å². The van der Waals surface area contributed by atoms with Gasteiger partial charge in [0.25, 0.3) is 0 Å². The normalized spacial score (nSPS) is 16.1. The molecule has 1 aromatic rings. The number of hydrogen-bond acceptors (Lipinski definition) is 5. The van der Waals surface area contributed by atoms with Gasteiger partial charge < -0.3 is 15.3 Å². The fourth-order valence-corrected chi connectivity index (χ4v) is 1.87. The van der Waals surface area contributed by atoms with E-state index < -0.39 is 24.1 Å². The van der Waals surface area contributed by atoms with Crippen molar-refractivity contribution in [3.05, 3.63) is 16.1 Å². The molecule has 0 radical (unpaired) electrons. The van der Waals surface area contributed by atoms with Crippen LogP contribution in [0, 0.1) is 0 Å². The Morgan fingerprint density at radius 3 is 2.44 bits per heavy atom. The average Bonchev–Trinajstić information content (AvgIpc) is 2.65. The molecule has 16 heavy (non-hydrogen) atoms. The first-order valence-corrected chi connectivity index (χ1v) is 5.24. The summed E-state index contributed by atoms with van der Waals surface area (Å²) in [6, 6.07) is 0. The van der Waals surface area contributed by atoms with Crippen molar-refractivity contribution in [2.24, 2.45) is 0 Å². The maximum atomic E-state index is 12.2. The van der Waals surface area contributed by atoms with Gasteiger partial charge in [-0.05, 0) is 6.42 Å². The van der Waals surface area contributed by atoms with Gasteiger partial charge in [0.15, 0.2) is 5.69 Å². The Morgan fingerprint density at radius 1 is 1.38 bits per heavy atom. The Balaban J connectivity index is 2.78. The zero-order chi connectivity index (χ0) is 12.3. The lowest BCUT2D eigenvalue weighted by Crippen LogP contribution is -2.19. The monoisotopic (exact) mass is 257 g/mol. The van der Waals surface area contributed by atoms with E-state index in [1.165, 1.54) is 0 Å². The van der Waals surface area contributed by atoms with Crippen LogP contribution in [0.5, 0.6) is 0 Å². The molecule has 0 aromatic carbocycles. The second kappa shape index (κ2) is 5.09. The molecule has 0 bridgehead atoms. The first-order chi connectivity index (χ1) is 7.36. The van der Waals surface area contributed by atoms with Crippen molar-refractivity contribution >= 4 is 11.3 Å². The van der Waals surface area contributed by atoms with Gasteiger partial charge in [-0.25, -0.2) is 4.98 Å². The van der Waals surface area contributed by atoms with Crippen molar-refractivity contribution in [2.75, 3.05) is 6.61 Å². The zero-order valence-corrected chi connectivity index (χ0v) is 8.79. The molecule has 0 spiro atoms. The van der Waals surface area contributed by atoms with Crippen LogP contribution in [-0.4, -0.2) is 33.0 Å². The minimum Gasteiger partial charge on any atom is -0.396 e. The molecule has 0 saturated carbocycles. The van der Waals surface area contributed by atoms with Crippen molar-refractivity contribution in [3.8, 4) is 0 Å². The minimum atomic E-state index is -4.56. The van der Waals surface area contributed by atoms with Gasteiger partial charge in [0.1, 0.15) is 11.1 Å². The molecule has 8 heteroatoms. The number of alkyl halides is 3. The highest BCUT2D eigenvalue weighted by molar-refractivity contribution is 7.09. The highest BCUT2D eigenvalue weighted by atomic mass is 32.1. The van der Waals surface area contributed by atoms with Crippen LogP contribution in [0.15, 0.2) is 5.38 Å². The van der Waals surface area contributed by atoms with Gasteiger partial charge in [-0.1, -0.05) is 0 Å². The fraction of sp³-hybridized carbons (Fsp3) is 0.625. The Hall–Kier alpha value is -0.700. The third-order valence-electron chi connectivity index (χ3n) is 1.85. The number of aromatic nitrogens is 1. The Bertz CT molecular complexity index is 342. The number of nitrogens with zero attached hydrogens (tertiary/aromatic N) is 1. The smallest absolute Gasteiger partial charge is 0.396 e. The van der Waals surface area contributed by atoms with Crippen LogP contribution in [0.4, 0.5) is 13.2 Å². The molecule has 1 rings (SSSR count). The van der Waals surface area contributed by atoms with Gasteiger partial charge in [0, 0.05) is 12.0 Å². The highest BCUT2D eigenvalue weighted by Crippen LogP contribution is 2.32. The Labute approximate surface area is 93.0 Å². The van der Waals surface area contributed by atoms with E-state index in [4.69, 9.17) is 5.11 Å². The summed E-state index contributed by atoms with van der Waals surface area (Å²) in [5.74, 6) is 0. The topological polar surface area (TPSA) is 73.6 Å². The summed E-state index contributed by atoms with van der Waals surface area (Å²) >= 11 is 0.616. The Kier molecular flexibility index (Phi) is 4.25. The first-order valence-electron chi connectivity index (χ1n) is 4.36. The molecule has 0 aliphatic carbocycles. The number of aliphatic hydroxyl groups excluding tert-OH is 3. The van der Waals surface area contributed by atoms with E-state index in [1.807, 2.05) is 0 Å². The molecular weight excluding hydrogens is 247 g/mol. The van der Waals surface area contributed by atoms with Gasteiger partial charge in [-0.2, -0.15) is 13.2 Å². The van der Waals surface area contributed by atoms with Crippen LogP contribution in [0.25, 0.3) is 0 Å². The summed E-state index contributed by atoms with van der Waals surface area (Å²) in [4.78, 5) is 3.19. The predicted molar refractivity (Wildman–Crippen MR) is 49.8 cm³/mol. The fourth-order valence-electron chi connectivity index (χ4n) is 1.01. The van der Waals surface area contributed by atoms with Crippen LogP contribution in [-0.2, 0) is 6.18 Å². The van der Waals surface area contributed by atoms with Crippen molar-refractivity contribution in [1.82, 2.24) is 4.98 Å². The van der Waals surface area contributed by atoms with Gasteiger partial charge in [0.2, 0.25) is 0 Å². The van der Waals surface area contributed by atoms with E-state index in [0.29, 0.717) is 11.3 Å². The standard InChI is InChI=1S/C8H10F3NO3S/c9-8(10,11)5-3-16-7(12-5)6(15)4(14)1-2-13/h3-4,6,13-15H,1-2H2. The second-order valence-corrected chi connectivity index (χ2v) is 3.98. The molecule has 1 aromatic heterocycles. The van der Waals surface area contributed by atoms with E-state index >= 15 is 0 Å². The largest absolute Gasteiger partial charge is 0.434 e. The summed E-state index contributed by atoms with van der Waals surface area (Å²) < 4.78 is 36.5. The van der Waals surface area contributed by atoms with Gasteiger partial charge in [0.05, 0.1) is 6.10 Å². The van der Waals surface area contributed by atoms with Crippen molar-refractivity contribution in [3.63, 3.8) is 0 Å². The van der Waals surface area contributed by atoms with Gasteiger partial charge in [-0.3, -0.25) is 0 Å². The van der Waals surface area contributed by atoms with Crippen molar-refractivity contribution in [1.29, 1.82) is 0 Å². The second-order valence-electron chi connectivity index (χ2n) is 3.09. The number of halogens is 3. The molecule has 4 nitrogen and oxygen atoms in total. The third-order valence-corrected chi connectivity index (χ3v) is 2.77. The van der Waals surface area contributed by atoms with E-state index in [9.17, 15) is 23.4 Å². The number of rotatable bonds is 4. The SMILES string of the molecule is OCCC(O)C(O)c1nc(C(F)(F)F)cs1. The number of thiazole rings is 1. The third kappa shape index (κ3) is 3.14. The van der Waals surface area contributed by atoms with E-state index in [-0.39, 0.29) is 18.0 Å². The van der Waals surface area contributed by atoms with E-state index in [0.717, 1.165) is 5.38 Å². The highest BCUT2D eigenvalue weighted by Gasteiger charge is 2.35. The zero-order valence-electron chi connectivity index (χ0n) is 7.98. The van der Waals surface area contributed by atoms with Crippen LogP contribution in [0.2, 0.25) is 0 Å². The molecule has 0 aliphatic rings. The molecule has 0 fully saturated rings. The van der Waals surface area contributed by atoms with E-state index in [1.54, 1.807) is 0 Å². The summed E-state index contributed by atoms with van der Waals surface area (Å²) in [5, 5.41) is 27.7. The Morgan fingerprint density at radius 2 is 2.00 bits per heavy atom. The van der Waals surface area contributed by atoms with Crippen LogP contribution >= 0.6 is 11.3 Å².